The second-order valence-electron chi connectivity index (χ2n) is 4.71. The molecule has 0 spiro atoms. The van der Waals surface area contributed by atoms with Crippen LogP contribution in [0.5, 0.6) is 5.75 Å². The summed E-state index contributed by atoms with van der Waals surface area (Å²) in [5.41, 5.74) is 8.44. The minimum Gasteiger partial charge on any atom is -0.484 e. The highest BCUT2D eigenvalue weighted by Gasteiger charge is 2.19. The summed E-state index contributed by atoms with van der Waals surface area (Å²) in [6.45, 7) is 4.06. The van der Waals surface area contributed by atoms with E-state index in [1.54, 1.807) is 0 Å². The van der Waals surface area contributed by atoms with Crippen molar-refractivity contribution in [2.75, 3.05) is 0 Å². The van der Waals surface area contributed by atoms with E-state index in [2.05, 4.69) is 41.6 Å². The van der Waals surface area contributed by atoms with Crippen LogP contribution in [0.4, 0.5) is 0 Å². The lowest BCUT2D eigenvalue weighted by atomic mass is 9.99. The number of benzene rings is 2. The molecule has 2 nitrogen and oxygen atoms in total. The zero-order valence-electron chi connectivity index (χ0n) is 11.1. The molecule has 2 N–H and O–H groups in total. The lowest BCUT2D eigenvalue weighted by Crippen LogP contribution is -2.29. The number of hydrogen-bond donors (Lipinski definition) is 1. The highest BCUT2D eigenvalue weighted by atomic mass is 127. The number of ether oxygens (including phenoxy) is 1. The fourth-order valence-electron chi connectivity index (χ4n) is 2.02. The van der Waals surface area contributed by atoms with Crippen LogP contribution in [0.3, 0.4) is 0 Å². The number of nitrogens with two attached hydrogens (primary N) is 1. The lowest BCUT2D eigenvalue weighted by Gasteiger charge is -2.24. The van der Waals surface area contributed by atoms with Crippen LogP contribution in [0.15, 0.2) is 48.5 Å². The normalized spacial score (nSPS) is 13.9. The quantitative estimate of drug-likeness (QED) is 0.827. The standard InChI is InChI=1S/C16H18INO/c1-11-5-3-4-6-15(11)16(12(2)18)19-14-9-7-13(17)8-10-14/h3-10,12,16H,18H2,1-2H3. The maximum atomic E-state index is 6.09. The lowest BCUT2D eigenvalue weighted by molar-refractivity contribution is 0.179. The zero-order chi connectivity index (χ0) is 13.8. The van der Waals surface area contributed by atoms with Gasteiger partial charge in [0.25, 0.3) is 0 Å². The first kappa shape index (κ1) is 14.3. The Morgan fingerprint density at radius 1 is 1.05 bits per heavy atom. The van der Waals surface area contributed by atoms with E-state index >= 15 is 0 Å². The average Bonchev–Trinajstić information content (AvgIpc) is 2.39. The summed E-state index contributed by atoms with van der Waals surface area (Å²) in [6, 6.07) is 16.2. The van der Waals surface area contributed by atoms with Gasteiger partial charge in [0.2, 0.25) is 0 Å². The predicted octanol–water partition coefficient (Wildman–Crippen LogP) is 4.07. The van der Waals surface area contributed by atoms with Gasteiger partial charge in [-0.15, -0.1) is 0 Å². The third kappa shape index (κ3) is 3.70. The molecule has 19 heavy (non-hydrogen) atoms. The molecular weight excluding hydrogens is 349 g/mol. The zero-order valence-corrected chi connectivity index (χ0v) is 13.3. The molecule has 2 atom stereocenters. The van der Waals surface area contributed by atoms with Crippen LogP contribution < -0.4 is 10.5 Å². The molecule has 2 unspecified atom stereocenters. The first-order valence-corrected chi connectivity index (χ1v) is 7.39. The Morgan fingerprint density at radius 3 is 2.26 bits per heavy atom. The fraction of sp³-hybridized carbons (Fsp3) is 0.250. The maximum absolute atomic E-state index is 6.09. The van der Waals surface area contributed by atoms with Crippen LogP contribution in [-0.4, -0.2) is 6.04 Å². The average molecular weight is 367 g/mol. The summed E-state index contributed by atoms with van der Waals surface area (Å²) >= 11 is 2.28. The number of halogens is 1. The molecule has 0 aliphatic carbocycles. The van der Waals surface area contributed by atoms with Crippen molar-refractivity contribution in [2.24, 2.45) is 5.73 Å². The highest BCUT2D eigenvalue weighted by molar-refractivity contribution is 14.1. The molecule has 0 saturated carbocycles. The van der Waals surface area contributed by atoms with Gasteiger partial charge in [-0.2, -0.15) is 0 Å². The molecule has 2 rings (SSSR count). The largest absolute Gasteiger partial charge is 0.484 e. The summed E-state index contributed by atoms with van der Waals surface area (Å²) in [5.74, 6) is 0.853. The molecule has 0 fully saturated rings. The van der Waals surface area contributed by atoms with Crippen molar-refractivity contribution in [3.8, 4) is 5.75 Å². The fourth-order valence-corrected chi connectivity index (χ4v) is 2.38. The molecule has 0 bridgehead atoms. The van der Waals surface area contributed by atoms with Gasteiger partial charge in [-0.05, 0) is 71.8 Å². The molecule has 0 saturated heterocycles. The van der Waals surface area contributed by atoms with Crippen molar-refractivity contribution in [2.45, 2.75) is 26.0 Å². The third-order valence-electron chi connectivity index (χ3n) is 3.05. The van der Waals surface area contributed by atoms with Crippen LogP contribution in [0.25, 0.3) is 0 Å². The number of rotatable bonds is 4. The van der Waals surface area contributed by atoms with E-state index in [9.17, 15) is 0 Å². The Labute approximate surface area is 128 Å². The van der Waals surface area contributed by atoms with Crippen LogP contribution in [0, 0.1) is 10.5 Å². The van der Waals surface area contributed by atoms with Crippen LogP contribution >= 0.6 is 22.6 Å². The van der Waals surface area contributed by atoms with E-state index in [1.807, 2.05) is 43.3 Å². The van der Waals surface area contributed by atoms with Crippen molar-refractivity contribution >= 4 is 22.6 Å². The molecule has 3 heteroatoms. The van der Waals surface area contributed by atoms with Crippen LogP contribution in [0.1, 0.15) is 24.2 Å². The molecule has 100 valence electrons. The molecule has 0 aromatic heterocycles. The van der Waals surface area contributed by atoms with E-state index in [4.69, 9.17) is 10.5 Å². The van der Waals surface area contributed by atoms with Gasteiger partial charge in [0.1, 0.15) is 11.9 Å². The monoisotopic (exact) mass is 367 g/mol. The van der Waals surface area contributed by atoms with Crippen LogP contribution in [-0.2, 0) is 0 Å². The molecular formula is C16H18INO. The summed E-state index contributed by atoms with van der Waals surface area (Å²) in [4.78, 5) is 0. The minimum atomic E-state index is -0.124. The molecule has 0 aliphatic rings. The molecule has 0 radical (unpaired) electrons. The molecule has 0 aliphatic heterocycles. The van der Waals surface area contributed by atoms with Gasteiger partial charge >= 0.3 is 0 Å². The number of aryl methyl sites for hydroxylation is 1. The smallest absolute Gasteiger partial charge is 0.139 e. The van der Waals surface area contributed by atoms with Crippen LogP contribution in [0.2, 0.25) is 0 Å². The van der Waals surface area contributed by atoms with Crippen molar-refractivity contribution in [1.29, 1.82) is 0 Å². The van der Waals surface area contributed by atoms with Gasteiger partial charge in [-0.3, -0.25) is 0 Å². The second kappa shape index (κ2) is 6.39. The minimum absolute atomic E-state index is 0.0691. The Morgan fingerprint density at radius 2 is 1.68 bits per heavy atom. The van der Waals surface area contributed by atoms with E-state index < -0.39 is 0 Å². The maximum Gasteiger partial charge on any atom is 0.139 e. The van der Waals surface area contributed by atoms with Gasteiger partial charge in [0.15, 0.2) is 0 Å². The van der Waals surface area contributed by atoms with Gasteiger partial charge in [-0.25, -0.2) is 0 Å². The number of hydrogen-bond acceptors (Lipinski definition) is 2. The highest BCUT2D eigenvalue weighted by Crippen LogP contribution is 2.26. The Hall–Kier alpha value is -1.07. The van der Waals surface area contributed by atoms with Crippen molar-refractivity contribution < 1.29 is 4.74 Å². The predicted molar refractivity (Wildman–Crippen MR) is 87.4 cm³/mol. The third-order valence-corrected chi connectivity index (χ3v) is 3.77. The Bertz CT molecular complexity index is 537. The summed E-state index contributed by atoms with van der Waals surface area (Å²) in [7, 11) is 0. The molecule has 0 amide bonds. The van der Waals surface area contributed by atoms with E-state index in [0.717, 1.165) is 11.3 Å². The Kier molecular flexibility index (Phi) is 4.82. The SMILES string of the molecule is Cc1ccccc1C(Oc1ccc(I)cc1)C(C)N. The van der Waals surface area contributed by atoms with E-state index in [1.165, 1.54) is 9.13 Å². The van der Waals surface area contributed by atoms with E-state index in [-0.39, 0.29) is 12.1 Å². The first-order valence-electron chi connectivity index (χ1n) is 6.31. The molecule has 2 aromatic carbocycles. The van der Waals surface area contributed by atoms with E-state index in [0.29, 0.717) is 0 Å². The summed E-state index contributed by atoms with van der Waals surface area (Å²) in [5, 5.41) is 0. The summed E-state index contributed by atoms with van der Waals surface area (Å²) < 4.78 is 7.26. The van der Waals surface area contributed by atoms with Gasteiger partial charge < -0.3 is 10.5 Å². The van der Waals surface area contributed by atoms with Gasteiger partial charge in [-0.1, -0.05) is 24.3 Å². The van der Waals surface area contributed by atoms with Crippen molar-refractivity contribution in [3.63, 3.8) is 0 Å². The Balaban J connectivity index is 2.27. The second-order valence-corrected chi connectivity index (χ2v) is 5.95. The summed E-state index contributed by atoms with van der Waals surface area (Å²) in [6.07, 6.45) is -0.124. The van der Waals surface area contributed by atoms with Crippen molar-refractivity contribution in [3.05, 3.63) is 63.2 Å². The molecule has 2 aromatic rings. The first-order chi connectivity index (χ1) is 9.08. The topological polar surface area (TPSA) is 35.2 Å². The van der Waals surface area contributed by atoms with Gasteiger partial charge in [0.05, 0.1) is 0 Å². The molecule has 0 heterocycles. The van der Waals surface area contributed by atoms with Crippen molar-refractivity contribution in [1.82, 2.24) is 0 Å². The van der Waals surface area contributed by atoms with Gasteiger partial charge in [0, 0.05) is 9.61 Å².